The number of carboxylic acid groups (broad SMARTS) is 1. The normalized spacial score (nSPS) is 15.5. The van der Waals surface area contributed by atoms with Gasteiger partial charge in [-0.25, -0.2) is 9.78 Å². The van der Waals surface area contributed by atoms with Crippen LogP contribution in [0.4, 0.5) is 0 Å². The van der Waals surface area contributed by atoms with Crippen molar-refractivity contribution in [2.45, 2.75) is 57.3 Å². The summed E-state index contributed by atoms with van der Waals surface area (Å²) in [6.07, 6.45) is 5.72. The zero-order valence-electron chi connectivity index (χ0n) is 19.0. The molecular formula is C20H34N6O5S2. The number of nitrogens with one attached hydrogen (secondary N) is 4. The number of rotatable bonds is 15. The molecule has 186 valence electrons. The van der Waals surface area contributed by atoms with E-state index >= 15 is 0 Å². The zero-order chi connectivity index (χ0) is 25.0. The first-order valence-electron chi connectivity index (χ1n) is 10.6. The number of carboxylic acids is 1. The summed E-state index contributed by atoms with van der Waals surface area (Å²) in [5, 5.41) is 17.2. The number of aromatic amines is 1. The van der Waals surface area contributed by atoms with Crippen LogP contribution >= 0.6 is 24.4 Å². The third-order valence-electron chi connectivity index (χ3n) is 5.16. The number of nitrogens with zero attached hydrogens (tertiary/aromatic N) is 1. The lowest BCUT2D eigenvalue weighted by atomic mass is 9.97. The quantitative estimate of drug-likeness (QED) is 0.158. The highest BCUT2D eigenvalue weighted by molar-refractivity contribution is 7.98. The van der Waals surface area contributed by atoms with E-state index in [0.717, 1.165) is 0 Å². The SMILES string of the molecule is CCC(C)C(NC(=O)C(Cc1cnc[nH]1)NC(=O)C(N)CS)C(=O)NC(CCSC)C(=O)O. The smallest absolute Gasteiger partial charge is 0.326 e. The van der Waals surface area contributed by atoms with Crippen LogP contribution in [0.1, 0.15) is 32.4 Å². The lowest BCUT2D eigenvalue weighted by Crippen LogP contribution is -2.59. The van der Waals surface area contributed by atoms with Crippen molar-refractivity contribution in [3.05, 3.63) is 18.2 Å². The number of aromatic nitrogens is 2. The topological polar surface area (TPSA) is 179 Å². The predicted octanol–water partition coefficient (Wildman–Crippen LogP) is -0.452. The Balaban J connectivity index is 3.03. The van der Waals surface area contributed by atoms with Gasteiger partial charge in [0, 0.05) is 24.1 Å². The monoisotopic (exact) mass is 502 g/mol. The van der Waals surface area contributed by atoms with Gasteiger partial charge in [-0.05, 0) is 24.3 Å². The molecule has 0 fully saturated rings. The van der Waals surface area contributed by atoms with E-state index in [-0.39, 0.29) is 24.5 Å². The lowest BCUT2D eigenvalue weighted by Gasteiger charge is -2.28. The van der Waals surface area contributed by atoms with E-state index in [4.69, 9.17) is 5.73 Å². The molecule has 1 heterocycles. The second-order valence-electron chi connectivity index (χ2n) is 7.68. The van der Waals surface area contributed by atoms with E-state index in [2.05, 4.69) is 38.5 Å². The first-order chi connectivity index (χ1) is 15.6. The highest BCUT2D eigenvalue weighted by Gasteiger charge is 2.32. The lowest BCUT2D eigenvalue weighted by molar-refractivity contribution is -0.142. The molecule has 5 unspecified atom stereocenters. The number of hydrogen-bond acceptors (Lipinski definition) is 8. The number of nitrogens with two attached hydrogens (primary N) is 1. The molecule has 0 bridgehead atoms. The van der Waals surface area contributed by atoms with Gasteiger partial charge in [0.15, 0.2) is 0 Å². The largest absolute Gasteiger partial charge is 0.480 e. The van der Waals surface area contributed by atoms with Gasteiger partial charge in [-0.2, -0.15) is 24.4 Å². The maximum atomic E-state index is 13.1. The van der Waals surface area contributed by atoms with Crippen molar-refractivity contribution >= 4 is 48.1 Å². The Morgan fingerprint density at radius 1 is 1.18 bits per heavy atom. The standard InChI is InChI=1S/C20H34N6O5S2/c1-4-11(2)16(19(29)24-14(20(30)31)5-6-33-3)26-18(28)15(7-12-8-22-10-23-12)25-17(27)13(21)9-32/h8,10-11,13-16,32H,4-7,9,21H2,1-3H3,(H,22,23)(H,24,29)(H,25,27)(H,26,28)(H,30,31). The molecule has 0 saturated carbocycles. The van der Waals surface area contributed by atoms with Gasteiger partial charge in [0.25, 0.3) is 0 Å². The van der Waals surface area contributed by atoms with Crippen molar-refractivity contribution in [3.63, 3.8) is 0 Å². The molecule has 5 atom stereocenters. The Hall–Kier alpha value is -2.25. The summed E-state index contributed by atoms with van der Waals surface area (Å²) >= 11 is 5.48. The average molecular weight is 503 g/mol. The number of thioether (sulfide) groups is 1. The molecular weight excluding hydrogens is 468 g/mol. The van der Waals surface area contributed by atoms with Crippen molar-refractivity contribution in [2.75, 3.05) is 17.8 Å². The Bertz CT molecular complexity index is 779. The molecule has 7 N–H and O–H groups in total. The minimum atomic E-state index is -1.14. The number of aliphatic carboxylic acids is 1. The van der Waals surface area contributed by atoms with Crippen molar-refractivity contribution in [1.29, 1.82) is 0 Å². The van der Waals surface area contributed by atoms with Crippen LogP contribution in [0, 0.1) is 5.92 Å². The first kappa shape index (κ1) is 28.8. The van der Waals surface area contributed by atoms with Crippen LogP contribution in [0.15, 0.2) is 12.5 Å². The zero-order valence-corrected chi connectivity index (χ0v) is 20.7. The minimum absolute atomic E-state index is 0.0920. The molecule has 1 aromatic heterocycles. The second kappa shape index (κ2) is 14.8. The third-order valence-corrected chi connectivity index (χ3v) is 6.20. The summed E-state index contributed by atoms with van der Waals surface area (Å²) in [6, 6.07) is -4.00. The summed E-state index contributed by atoms with van der Waals surface area (Å²) in [7, 11) is 0. The van der Waals surface area contributed by atoms with Crippen molar-refractivity contribution < 1.29 is 24.3 Å². The highest BCUT2D eigenvalue weighted by Crippen LogP contribution is 2.11. The van der Waals surface area contributed by atoms with E-state index in [1.807, 2.05) is 13.2 Å². The molecule has 11 nitrogen and oxygen atoms in total. The molecule has 33 heavy (non-hydrogen) atoms. The van der Waals surface area contributed by atoms with Gasteiger partial charge in [-0.3, -0.25) is 14.4 Å². The molecule has 3 amide bonds. The summed E-state index contributed by atoms with van der Waals surface area (Å²) in [5.41, 5.74) is 6.32. The number of imidazole rings is 1. The maximum absolute atomic E-state index is 13.1. The fourth-order valence-electron chi connectivity index (χ4n) is 2.90. The van der Waals surface area contributed by atoms with Gasteiger partial charge >= 0.3 is 5.97 Å². The molecule has 0 aliphatic heterocycles. The van der Waals surface area contributed by atoms with Crippen LogP contribution in [0.3, 0.4) is 0 Å². The van der Waals surface area contributed by atoms with E-state index in [1.165, 1.54) is 24.3 Å². The summed E-state index contributed by atoms with van der Waals surface area (Å²) in [5.74, 6) is -2.53. The first-order valence-corrected chi connectivity index (χ1v) is 12.6. The van der Waals surface area contributed by atoms with Crippen LogP contribution < -0.4 is 21.7 Å². The Morgan fingerprint density at radius 2 is 1.85 bits per heavy atom. The molecule has 1 rings (SSSR count). The minimum Gasteiger partial charge on any atom is -0.480 e. The van der Waals surface area contributed by atoms with Gasteiger partial charge in [0.2, 0.25) is 17.7 Å². The van der Waals surface area contributed by atoms with Gasteiger partial charge in [0.1, 0.15) is 18.1 Å². The number of H-pyrrole nitrogens is 1. The number of hydrogen-bond donors (Lipinski definition) is 7. The van der Waals surface area contributed by atoms with Crippen LogP contribution in [-0.4, -0.2) is 80.7 Å². The Kier molecular flexibility index (Phi) is 12.9. The van der Waals surface area contributed by atoms with E-state index in [9.17, 15) is 24.3 Å². The van der Waals surface area contributed by atoms with Crippen molar-refractivity contribution in [1.82, 2.24) is 25.9 Å². The van der Waals surface area contributed by atoms with Crippen molar-refractivity contribution in [2.24, 2.45) is 11.7 Å². The van der Waals surface area contributed by atoms with Crippen LogP contribution in [0.5, 0.6) is 0 Å². The molecule has 13 heteroatoms. The fraction of sp³-hybridized carbons (Fsp3) is 0.650. The number of carbonyl (C=O) groups excluding carboxylic acids is 3. The average Bonchev–Trinajstić information content (AvgIpc) is 3.31. The molecule has 1 aromatic rings. The Labute approximate surface area is 203 Å². The Morgan fingerprint density at radius 3 is 2.36 bits per heavy atom. The van der Waals surface area contributed by atoms with Crippen LogP contribution in [0.2, 0.25) is 0 Å². The summed E-state index contributed by atoms with van der Waals surface area (Å²) in [6.45, 7) is 3.64. The summed E-state index contributed by atoms with van der Waals surface area (Å²) < 4.78 is 0. The number of amides is 3. The molecule has 0 aliphatic carbocycles. The van der Waals surface area contributed by atoms with Gasteiger partial charge in [-0.15, -0.1) is 0 Å². The summed E-state index contributed by atoms with van der Waals surface area (Å²) in [4.78, 5) is 56.7. The van der Waals surface area contributed by atoms with E-state index in [0.29, 0.717) is 17.9 Å². The van der Waals surface area contributed by atoms with E-state index < -0.39 is 47.9 Å². The van der Waals surface area contributed by atoms with E-state index in [1.54, 1.807) is 6.92 Å². The fourth-order valence-corrected chi connectivity index (χ4v) is 3.53. The van der Waals surface area contributed by atoms with Crippen LogP contribution in [-0.2, 0) is 25.6 Å². The molecule has 0 aliphatic rings. The molecule has 0 aromatic carbocycles. The van der Waals surface area contributed by atoms with Gasteiger partial charge < -0.3 is 31.8 Å². The van der Waals surface area contributed by atoms with Crippen LogP contribution in [0.25, 0.3) is 0 Å². The molecule has 0 saturated heterocycles. The number of carbonyl (C=O) groups is 4. The van der Waals surface area contributed by atoms with Gasteiger partial charge in [-0.1, -0.05) is 20.3 Å². The predicted molar refractivity (Wildman–Crippen MR) is 130 cm³/mol. The number of thiol groups is 1. The highest BCUT2D eigenvalue weighted by atomic mass is 32.2. The van der Waals surface area contributed by atoms with Crippen molar-refractivity contribution in [3.8, 4) is 0 Å². The third kappa shape index (κ3) is 9.64. The molecule has 0 radical (unpaired) electrons. The maximum Gasteiger partial charge on any atom is 0.326 e. The van der Waals surface area contributed by atoms with Gasteiger partial charge in [0.05, 0.1) is 12.4 Å². The second-order valence-corrected chi connectivity index (χ2v) is 9.03. The molecule has 0 spiro atoms.